The van der Waals surface area contributed by atoms with E-state index in [-0.39, 0.29) is 11.2 Å². The van der Waals surface area contributed by atoms with Gasteiger partial charge in [-0.1, -0.05) is 47.6 Å². The summed E-state index contributed by atoms with van der Waals surface area (Å²) in [5, 5.41) is 12.4. The summed E-state index contributed by atoms with van der Waals surface area (Å²) in [7, 11) is 0. The molecule has 0 aliphatic rings. The average Bonchev–Trinajstić information content (AvgIpc) is 3.10. The number of hydrogen-bond donors (Lipinski definition) is 1. The molecule has 0 bridgehead atoms. The van der Waals surface area contributed by atoms with Crippen molar-refractivity contribution < 1.29 is 4.79 Å². The number of carbonyl (C=O) groups is 1. The summed E-state index contributed by atoms with van der Waals surface area (Å²) in [6.07, 6.45) is 5.19. The molecule has 2 aromatic heterocycles. The van der Waals surface area contributed by atoms with Gasteiger partial charge < -0.3 is 5.32 Å². The number of nitrogens with one attached hydrogen (secondary N) is 1. The van der Waals surface area contributed by atoms with Crippen molar-refractivity contribution in [2.45, 2.75) is 30.4 Å². The molecule has 3 aromatic rings. The maximum atomic E-state index is 12.5. The van der Waals surface area contributed by atoms with Gasteiger partial charge in [0.2, 0.25) is 5.91 Å². The molecule has 0 saturated heterocycles. The Kier molecular flexibility index (Phi) is 6.84. The van der Waals surface area contributed by atoms with Crippen molar-refractivity contribution in [2.24, 2.45) is 0 Å². The van der Waals surface area contributed by atoms with Crippen LogP contribution in [0.1, 0.15) is 12.5 Å². The van der Waals surface area contributed by atoms with Crippen molar-refractivity contribution in [1.29, 1.82) is 0 Å². The van der Waals surface area contributed by atoms with Crippen molar-refractivity contribution in [2.75, 3.05) is 0 Å². The predicted octanol–water partition coefficient (Wildman–Crippen LogP) is 3.98. The monoisotopic (exact) mass is 413 g/mol. The van der Waals surface area contributed by atoms with E-state index in [0.717, 1.165) is 11.1 Å². The Morgan fingerprint density at radius 3 is 2.75 bits per heavy atom. The molecule has 0 fully saturated rings. The van der Waals surface area contributed by atoms with E-state index in [9.17, 15) is 4.79 Å². The Morgan fingerprint density at radius 2 is 2.04 bits per heavy atom. The molecule has 3 rings (SSSR count). The average molecular weight is 414 g/mol. The first-order chi connectivity index (χ1) is 13.6. The molecule has 1 aromatic carbocycles. The molecule has 28 heavy (non-hydrogen) atoms. The Bertz CT molecular complexity index is 960. The summed E-state index contributed by atoms with van der Waals surface area (Å²) in [6.45, 7) is 6.57. The van der Waals surface area contributed by atoms with Gasteiger partial charge in [-0.3, -0.25) is 14.3 Å². The van der Waals surface area contributed by atoms with Crippen molar-refractivity contribution in [1.82, 2.24) is 25.1 Å². The second-order valence-corrected chi connectivity index (χ2v) is 7.73. The van der Waals surface area contributed by atoms with Crippen LogP contribution in [0.3, 0.4) is 0 Å². The molecule has 1 N–H and O–H groups in total. The van der Waals surface area contributed by atoms with Crippen LogP contribution in [-0.4, -0.2) is 30.9 Å². The lowest BCUT2D eigenvalue weighted by atomic mass is 10.2. The number of carbonyl (C=O) groups excluding carboxylic acids is 1. The van der Waals surface area contributed by atoms with Crippen LogP contribution in [0.25, 0.3) is 11.4 Å². The standard InChI is InChI=1S/C20H20ClN5OS/c1-3-12-26-18(15-8-10-22-11-9-15)24-25-20(26)28-14(2)19(27)23-13-16-6-4-5-7-17(16)21/h3-11,14H,1,12-13H2,2H3,(H,23,27)/t14-/m1/s1. The van der Waals surface area contributed by atoms with Crippen LogP contribution in [0.15, 0.2) is 66.6 Å². The zero-order chi connectivity index (χ0) is 19.9. The molecule has 0 unspecified atom stereocenters. The summed E-state index contributed by atoms with van der Waals surface area (Å²) < 4.78 is 1.94. The Hall–Kier alpha value is -2.64. The van der Waals surface area contributed by atoms with Crippen LogP contribution in [0.2, 0.25) is 5.02 Å². The van der Waals surface area contributed by atoms with Gasteiger partial charge in [-0.05, 0) is 30.7 Å². The summed E-state index contributed by atoms with van der Waals surface area (Å²) >= 11 is 7.50. The van der Waals surface area contributed by atoms with Crippen molar-refractivity contribution >= 4 is 29.3 Å². The first-order valence-electron chi connectivity index (χ1n) is 8.72. The topological polar surface area (TPSA) is 72.7 Å². The summed E-state index contributed by atoms with van der Waals surface area (Å²) in [6, 6.07) is 11.2. The van der Waals surface area contributed by atoms with Gasteiger partial charge in [-0.2, -0.15) is 0 Å². The van der Waals surface area contributed by atoms with Crippen LogP contribution in [0, 0.1) is 0 Å². The van der Waals surface area contributed by atoms with Gasteiger partial charge in [0.05, 0.1) is 5.25 Å². The Labute approximate surface area is 173 Å². The fourth-order valence-corrected chi connectivity index (χ4v) is 3.65. The lowest BCUT2D eigenvalue weighted by molar-refractivity contribution is -0.120. The minimum Gasteiger partial charge on any atom is -0.351 e. The molecule has 144 valence electrons. The molecule has 0 aliphatic carbocycles. The number of thioether (sulfide) groups is 1. The first-order valence-corrected chi connectivity index (χ1v) is 9.98. The number of allylic oxidation sites excluding steroid dienone is 1. The fraction of sp³-hybridized carbons (Fsp3) is 0.200. The molecular weight excluding hydrogens is 394 g/mol. The third kappa shape index (κ3) is 4.79. The van der Waals surface area contributed by atoms with Crippen molar-refractivity contribution in [3.8, 4) is 11.4 Å². The largest absolute Gasteiger partial charge is 0.351 e. The van der Waals surface area contributed by atoms with Gasteiger partial charge in [0.25, 0.3) is 0 Å². The number of aromatic nitrogens is 4. The van der Waals surface area contributed by atoms with E-state index in [1.165, 1.54) is 11.8 Å². The lowest BCUT2D eigenvalue weighted by Crippen LogP contribution is -2.30. The molecule has 0 saturated carbocycles. The number of benzene rings is 1. The number of hydrogen-bond acceptors (Lipinski definition) is 5. The maximum Gasteiger partial charge on any atom is 0.233 e. The highest BCUT2D eigenvalue weighted by Crippen LogP contribution is 2.27. The third-order valence-electron chi connectivity index (χ3n) is 4.03. The summed E-state index contributed by atoms with van der Waals surface area (Å²) in [5.74, 6) is 0.622. The van der Waals surface area contributed by atoms with Gasteiger partial charge in [-0.25, -0.2) is 0 Å². The zero-order valence-corrected chi connectivity index (χ0v) is 17.0. The van der Waals surface area contributed by atoms with Crippen LogP contribution in [0.5, 0.6) is 0 Å². The van der Waals surface area contributed by atoms with E-state index < -0.39 is 0 Å². The van der Waals surface area contributed by atoms with Crippen molar-refractivity contribution in [3.05, 3.63) is 72.0 Å². The normalized spacial score (nSPS) is 11.8. The molecule has 6 nitrogen and oxygen atoms in total. The van der Waals surface area contributed by atoms with E-state index in [1.807, 2.05) is 41.8 Å². The Morgan fingerprint density at radius 1 is 1.29 bits per heavy atom. The number of rotatable bonds is 8. The first kappa shape index (κ1) is 20.1. The highest BCUT2D eigenvalue weighted by Gasteiger charge is 2.20. The molecule has 0 radical (unpaired) electrons. The zero-order valence-electron chi connectivity index (χ0n) is 15.4. The SMILES string of the molecule is C=CCn1c(S[C@H](C)C(=O)NCc2ccccc2Cl)nnc1-c1ccncc1. The van der Waals surface area contributed by atoms with E-state index in [1.54, 1.807) is 24.5 Å². The minimum atomic E-state index is -0.347. The fourth-order valence-electron chi connectivity index (χ4n) is 2.56. The van der Waals surface area contributed by atoms with Crippen LogP contribution in [0.4, 0.5) is 0 Å². The summed E-state index contributed by atoms with van der Waals surface area (Å²) in [4.78, 5) is 16.5. The molecule has 0 aliphatic heterocycles. The Balaban J connectivity index is 1.70. The van der Waals surface area contributed by atoms with Gasteiger partial charge in [0.15, 0.2) is 11.0 Å². The number of pyridine rings is 1. The van der Waals surface area contributed by atoms with Crippen LogP contribution in [-0.2, 0) is 17.9 Å². The van der Waals surface area contributed by atoms with Gasteiger partial charge in [0.1, 0.15) is 0 Å². The smallest absolute Gasteiger partial charge is 0.233 e. The van der Waals surface area contributed by atoms with E-state index in [2.05, 4.69) is 27.1 Å². The number of amides is 1. The third-order valence-corrected chi connectivity index (χ3v) is 5.48. The predicted molar refractivity (Wildman–Crippen MR) is 112 cm³/mol. The second kappa shape index (κ2) is 9.52. The van der Waals surface area contributed by atoms with E-state index in [4.69, 9.17) is 11.6 Å². The number of halogens is 1. The minimum absolute atomic E-state index is 0.0940. The quantitative estimate of drug-likeness (QED) is 0.446. The van der Waals surface area contributed by atoms with Gasteiger partial charge in [-0.15, -0.1) is 16.8 Å². The van der Waals surface area contributed by atoms with Crippen LogP contribution < -0.4 is 5.32 Å². The molecule has 2 heterocycles. The molecule has 8 heteroatoms. The maximum absolute atomic E-state index is 12.5. The molecule has 0 spiro atoms. The molecule has 1 atom stereocenters. The lowest BCUT2D eigenvalue weighted by Gasteiger charge is -2.13. The van der Waals surface area contributed by atoms with E-state index in [0.29, 0.717) is 29.1 Å². The van der Waals surface area contributed by atoms with Gasteiger partial charge >= 0.3 is 0 Å². The van der Waals surface area contributed by atoms with E-state index >= 15 is 0 Å². The molecule has 1 amide bonds. The highest BCUT2D eigenvalue weighted by molar-refractivity contribution is 8.00. The summed E-state index contributed by atoms with van der Waals surface area (Å²) in [5.41, 5.74) is 1.79. The van der Waals surface area contributed by atoms with Gasteiger partial charge in [0, 0.05) is 36.1 Å². The van der Waals surface area contributed by atoms with Crippen LogP contribution >= 0.6 is 23.4 Å². The highest BCUT2D eigenvalue weighted by atomic mass is 35.5. The number of nitrogens with zero attached hydrogens (tertiary/aromatic N) is 4. The molecular formula is C20H20ClN5OS. The van der Waals surface area contributed by atoms with Crippen molar-refractivity contribution in [3.63, 3.8) is 0 Å². The second-order valence-electron chi connectivity index (χ2n) is 6.01.